The van der Waals surface area contributed by atoms with E-state index in [0.717, 1.165) is 12.8 Å². The third-order valence-electron chi connectivity index (χ3n) is 4.92. The van der Waals surface area contributed by atoms with Gasteiger partial charge in [0.15, 0.2) is 0 Å². The minimum absolute atomic E-state index is 0.0757. The summed E-state index contributed by atoms with van der Waals surface area (Å²) in [5.74, 6) is 0.906. The number of hydrogen-bond donors (Lipinski definition) is 0. The maximum absolute atomic E-state index is 12.0. The van der Waals surface area contributed by atoms with E-state index in [2.05, 4.69) is 46.3 Å². The quantitative estimate of drug-likeness (QED) is 0.709. The summed E-state index contributed by atoms with van der Waals surface area (Å²) in [7, 11) is 0. The fourth-order valence-corrected chi connectivity index (χ4v) is 4.98. The molecule has 2 aliphatic rings. The Morgan fingerprint density at radius 3 is 2.67 bits per heavy atom. The Balaban J connectivity index is 2.03. The second-order valence-corrected chi connectivity index (χ2v) is 6.73. The minimum Gasteiger partial charge on any atom is -0.298 e. The van der Waals surface area contributed by atoms with Gasteiger partial charge in [-0.25, -0.2) is 0 Å². The fraction of sp³-hybridized carbons (Fsp3) is 0.562. The van der Waals surface area contributed by atoms with Crippen molar-refractivity contribution in [2.75, 3.05) is 0 Å². The van der Waals surface area contributed by atoms with Gasteiger partial charge in [-0.2, -0.15) is 0 Å². The largest absolute Gasteiger partial charge is 0.298 e. The molecule has 2 aliphatic carbocycles. The second kappa shape index (κ2) is 4.80. The SMILES string of the molecule is O=C1CCC2(c3ccccc3)CCCCC2C1Br. The maximum Gasteiger partial charge on any atom is 0.146 e. The van der Waals surface area contributed by atoms with Gasteiger partial charge in [0.1, 0.15) is 5.78 Å². The zero-order valence-corrected chi connectivity index (χ0v) is 12.2. The molecule has 0 spiro atoms. The van der Waals surface area contributed by atoms with Gasteiger partial charge in [-0.15, -0.1) is 0 Å². The van der Waals surface area contributed by atoms with Gasteiger partial charge in [0.05, 0.1) is 4.83 Å². The third-order valence-corrected chi connectivity index (χ3v) is 6.07. The van der Waals surface area contributed by atoms with Crippen LogP contribution in [-0.2, 0) is 10.2 Å². The van der Waals surface area contributed by atoms with Crippen molar-refractivity contribution >= 4 is 21.7 Å². The molecule has 3 atom stereocenters. The van der Waals surface area contributed by atoms with E-state index < -0.39 is 0 Å². The molecule has 0 saturated heterocycles. The lowest BCUT2D eigenvalue weighted by Gasteiger charge is -2.49. The van der Waals surface area contributed by atoms with Crippen LogP contribution < -0.4 is 0 Å². The Morgan fingerprint density at radius 1 is 1.11 bits per heavy atom. The van der Waals surface area contributed by atoms with Crippen LogP contribution in [0.2, 0.25) is 0 Å². The summed E-state index contributed by atoms with van der Waals surface area (Å²) < 4.78 is 0. The first-order valence-electron chi connectivity index (χ1n) is 6.96. The van der Waals surface area contributed by atoms with Gasteiger partial charge in [-0.05, 0) is 30.7 Å². The van der Waals surface area contributed by atoms with Crippen molar-refractivity contribution in [1.29, 1.82) is 0 Å². The molecule has 0 aromatic heterocycles. The van der Waals surface area contributed by atoms with E-state index in [1.807, 2.05) is 0 Å². The van der Waals surface area contributed by atoms with Gasteiger partial charge in [-0.3, -0.25) is 4.79 Å². The topological polar surface area (TPSA) is 17.1 Å². The summed E-state index contributed by atoms with van der Waals surface area (Å²) in [5.41, 5.74) is 1.70. The Morgan fingerprint density at radius 2 is 1.89 bits per heavy atom. The number of carbonyl (C=O) groups excluding carboxylic acids is 1. The van der Waals surface area contributed by atoms with Crippen molar-refractivity contribution in [3.8, 4) is 0 Å². The van der Waals surface area contributed by atoms with Crippen LogP contribution in [0, 0.1) is 5.92 Å². The molecule has 0 radical (unpaired) electrons. The minimum atomic E-state index is 0.0757. The van der Waals surface area contributed by atoms with Gasteiger partial charge in [0, 0.05) is 11.8 Å². The molecule has 2 saturated carbocycles. The average Bonchev–Trinajstić information content (AvgIpc) is 2.44. The molecule has 0 N–H and O–H groups in total. The zero-order valence-electron chi connectivity index (χ0n) is 10.6. The number of fused-ring (bicyclic) bond motifs is 1. The average molecular weight is 307 g/mol. The number of halogens is 1. The monoisotopic (exact) mass is 306 g/mol. The summed E-state index contributed by atoms with van der Waals surface area (Å²) in [6.07, 6.45) is 6.80. The number of carbonyl (C=O) groups is 1. The zero-order chi connectivity index (χ0) is 12.6. The Labute approximate surface area is 117 Å². The Kier molecular flexibility index (Phi) is 3.31. The highest BCUT2D eigenvalue weighted by molar-refractivity contribution is 9.10. The molecule has 1 nitrogen and oxygen atoms in total. The van der Waals surface area contributed by atoms with E-state index in [-0.39, 0.29) is 10.2 Å². The van der Waals surface area contributed by atoms with E-state index in [1.54, 1.807) is 0 Å². The summed E-state index contributed by atoms with van der Waals surface area (Å²) in [5, 5.41) is 0. The molecule has 1 aromatic carbocycles. The molecule has 2 fully saturated rings. The molecule has 18 heavy (non-hydrogen) atoms. The highest BCUT2D eigenvalue weighted by Crippen LogP contribution is 2.52. The normalized spacial score (nSPS) is 36.2. The first-order valence-corrected chi connectivity index (χ1v) is 7.88. The number of benzene rings is 1. The first-order chi connectivity index (χ1) is 8.74. The Hall–Kier alpha value is -0.630. The van der Waals surface area contributed by atoms with Crippen LogP contribution in [0.15, 0.2) is 30.3 Å². The molecule has 0 amide bonds. The van der Waals surface area contributed by atoms with Crippen LogP contribution >= 0.6 is 15.9 Å². The standard InChI is InChI=1S/C16H19BrO/c17-15-13-8-4-5-10-16(13,11-9-14(15)18)12-6-2-1-3-7-12/h1-3,6-7,13,15H,4-5,8-11H2. The number of alkyl halides is 1. The van der Waals surface area contributed by atoms with Crippen molar-refractivity contribution in [3.05, 3.63) is 35.9 Å². The molecule has 0 aliphatic heterocycles. The van der Waals surface area contributed by atoms with Crippen LogP contribution in [-0.4, -0.2) is 10.6 Å². The third kappa shape index (κ3) is 1.85. The van der Waals surface area contributed by atoms with Crippen LogP contribution in [0.4, 0.5) is 0 Å². The molecule has 2 heteroatoms. The Bertz CT molecular complexity index is 442. The van der Waals surface area contributed by atoms with E-state index >= 15 is 0 Å². The van der Waals surface area contributed by atoms with Crippen LogP contribution in [0.25, 0.3) is 0 Å². The maximum atomic E-state index is 12.0. The fourth-order valence-electron chi connectivity index (χ4n) is 3.98. The van der Waals surface area contributed by atoms with Crippen LogP contribution in [0.1, 0.15) is 44.1 Å². The van der Waals surface area contributed by atoms with E-state index in [1.165, 1.54) is 31.2 Å². The first kappa shape index (κ1) is 12.4. The number of rotatable bonds is 1. The second-order valence-electron chi connectivity index (χ2n) is 5.74. The lowest BCUT2D eigenvalue weighted by atomic mass is 9.56. The van der Waals surface area contributed by atoms with Crippen molar-refractivity contribution < 1.29 is 4.79 Å². The van der Waals surface area contributed by atoms with Gasteiger partial charge in [0.25, 0.3) is 0 Å². The molecular weight excluding hydrogens is 288 g/mol. The summed E-state index contributed by atoms with van der Waals surface area (Å²) >= 11 is 3.68. The molecule has 3 rings (SSSR count). The molecule has 0 heterocycles. The molecule has 3 unspecified atom stereocenters. The van der Waals surface area contributed by atoms with E-state index in [0.29, 0.717) is 11.7 Å². The van der Waals surface area contributed by atoms with Gasteiger partial charge >= 0.3 is 0 Å². The summed E-state index contributed by atoms with van der Waals surface area (Å²) in [4.78, 5) is 12.1. The van der Waals surface area contributed by atoms with Crippen LogP contribution in [0.5, 0.6) is 0 Å². The lowest BCUT2D eigenvalue weighted by molar-refractivity contribution is -0.123. The van der Waals surface area contributed by atoms with Crippen molar-refractivity contribution in [3.63, 3.8) is 0 Å². The summed E-state index contributed by atoms with van der Waals surface area (Å²) in [6, 6.07) is 10.9. The predicted octanol–water partition coefficient (Wildman–Crippen LogP) is 4.24. The molecular formula is C16H19BrO. The van der Waals surface area contributed by atoms with Gasteiger partial charge in [-0.1, -0.05) is 59.1 Å². The van der Waals surface area contributed by atoms with Crippen molar-refractivity contribution in [2.24, 2.45) is 5.92 Å². The lowest BCUT2D eigenvalue weighted by Crippen LogP contribution is -2.49. The van der Waals surface area contributed by atoms with Crippen molar-refractivity contribution in [1.82, 2.24) is 0 Å². The van der Waals surface area contributed by atoms with E-state index in [9.17, 15) is 4.79 Å². The van der Waals surface area contributed by atoms with E-state index in [4.69, 9.17) is 0 Å². The predicted molar refractivity (Wildman–Crippen MR) is 77.0 cm³/mol. The number of hydrogen-bond acceptors (Lipinski definition) is 1. The van der Waals surface area contributed by atoms with Gasteiger partial charge in [0.2, 0.25) is 0 Å². The highest BCUT2D eigenvalue weighted by Gasteiger charge is 2.49. The van der Waals surface area contributed by atoms with Gasteiger partial charge < -0.3 is 0 Å². The molecule has 96 valence electrons. The smallest absolute Gasteiger partial charge is 0.146 e. The van der Waals surface area contributed by atoms with Crippen LogP contribution in [0.3, 0.4) is 0 Å². The highest BCUT2D eigenvalue weighted by atomic mass is 79.9. The number of Topliss-reactive ketones (excluding diaryl/α,β-unsaturated/α-hetero) is 1. The number of ketones is 1. The van der Waals surface area contributed by atoms with Crippen molar-refractivity contribution in [2.45, 2.75) is 48.8 Å². The molecule has 1 aromatic rings. The summed E-state index contributed by atoms with van der Waals surface area (Å²) in [6.45, 7) is 0. The molecule has 0 bridgehead atoms.